The standard InChI is InChI=1S/C16H21FN2O/c1-16(2)12-20-9-8-19(16)11-14-6-5-13(4-3-7-18)10-15(14)17/h5-6,10H,7-9,11-12,18H2,1-2H3. The Morgan fingerprint density at radius 2 is 2.25 bits per heavy atom. The van der Waals surface area contributed by atoms with E-state index in [4.69, 9.17) is 10.5 Å². The Hall–Kier alpha value is -1.41. The van der Waals surface area contributed by atoms with Crippen LogP contribution in [0, 0.1) is 17.7 Å². The van der Waals surface area contributed by atoms with E-state index in [2.05, 4.69) is 30.6 Å². The van der Waals surface area contributed by atoms with Gasteiger partial charge in [0.05, 0.1) is 19.8 Å². The molecule has 2 N–H and O–H groups in total. The molecule has 108 valence electrons. The van der Waals surface area contributed by atoms with E-state index in [1.54, 1.807) is 6.07 Å². The van der Waals surface area contributed by atoms with Crippen LogP contribution in [0.5, 0.6) is 0 Å². The van der Waals surface area contributed by atoms with Crippen LogP contribution in [0.2, 0.25) is 0 Å². The van der Waals surface area contributed by atoms with Crippen LogP contribution in [0.15, 0.2) is 18.2 Å². The quantitative estimate of drug-likeness (QED) is 0.836. The van der Waals surface area contributed by atoms with Gasteiger partial charge in [-0.3, -0.25) is 4.90 Å². The lowest BCUT2D eigenvalue weighted by atomic mass is 10.0. The highest BCUT2D eigenvalue weighted by molar-refractivity contribution is 5.37. The molecule has 0 amide bonds. The van der Waals surface area contributed by atoms with Gasteiger partial charge in [0, 0.05) is 29.8 Å². The lowest BCUT2D eigenvalue weighted by Gasteiger charge is -2.42. The molecule has 0 atom stereocenters. The number of morpholine rings is 1. The second-order valence-corrected chi connectivity index (χ2v) is 5.60. The first-order chi connectivity index (χ1) is 9.53. The number of ether oxygens (including phenoxy) is 1. The molecule has 0 aliphatic carbocycles. The van der Waals surface area contributed by atoms with Crippen molar-refractivity contribution in [2.75, 3.05) is 26.3 Å². The lowest BCUT2D eigenvalue weighted by molar-refractivity contribution is -0.0556. The Balaban J connectivity index is 2.13. The molecular formula is C16H21FN2O. The van der Waals surface area contributed by atoms with Gasteiger partial charge in [-0.2, -0.15) is 0 Å². The Morgan fingerprint density at radius 3 is 2.90 bits per heavy atom. The van der Waals surface area contributed by atoms with Crippen molar-refractivity contribution < 1.29 is 9.13 Å². The Morgan fingerprint density at radius 1 is 1.45 bits per heavy atom. The van der Waals surface area contributed by atoms with Crippen LogP contribution in [0.1, 0.15) is 25.0 Å². The summed E-state index contributed by atoms with van der Waals surface area (Å²) in [5.41, 5.74) is 6.60. The third-order valence-electron chi connectivity index (χ3n) is 3.57. The summed E-state index contributed by atoms with van der Waals surface area (Å²) in [5.74, 6) is 5.36. The average Bonchev–Trinajstić information content (AvgIpc) is 2.41. The summed E-state index contributed by atoms with van der Waals surface area (Å²) >= 11 is 0. The van der Waals surface area contributed by atoms with Crippen molar-refractivity contribution in [2.45, 2.75) is 25.9 Å². The van der Waals surface area contributed by atoms with Gasteiger partial charge in [0.2, 0.25) is 0 Å². The third-order valence-corrected chi connectivity index (χ3v) is 3.57. The first kappa shape index (κ1) is 15.0. The summed E-state index contributed by atoms with van der Waals surface area (Å²) in [6.07, 6.45) is 0. The van der Waals surface area contributed by atoms with E-state index >= 15 is 0 Å². The van der Waals surface area contributed by atoms with E-state index in [0.29, 0.717) is 30.9 Å². The molecule has 1 aliphatic rings. The summed E-state index contributed by atoms with van der Waals surface area (Å²) in [6.45, 7) is 7.30. The molecule has 0 radical (unpaired) electrons. The summed E-state index contributed by atoms with van der Waals surface area (Å²) in [4.78, 5) is 2.25. The number of rotatable bonds is 2. The molecule has 1 aromatic rings. The zero-order valence-corrected chi connectivity index (χ0v) is 12.1. The maximum atomic E-state index is 14.1. The lowest BCUT2D eigenvalue weighted by Crippen LogP contribution is -2.52. The SMILES string of the molecule is CC1(C)COCCN1Cc1ccc(C#CCN)cc1F. The summed E-state index contributed by atoms with van der Waals surface area (Å²) in [5, 5.41) is 0. The predicted octanol–water partition coefficient (Wildman–Crippen LogP) is 1.75. The predicted molar refractivity (Wildman–Crippen MR) is 77.6 cm³/mol. The zero-order chi connectivity index (χ0) is 14.6. The molecule has 2 rings (SSSR count). The van der Waals surface area contributed by atoms with Gasteiger partial charge in [0.25, 0.3) is 0 Å². The van der Waals surface area contributed by atoms with E-state index < -0.39 is 0 Å². The van der Waals surface area contributed by atoms with E-state index in [1.807, 2.05) is 6.07 Å². The minimum absolute atomic E-state index is 0.0667. The number of nitrogens with zero attached hydrogens (tertiary/aromatic N) is 1. The van der Waals surface area contributed by atoms with Gasteiger partial charge in [-0.1, -0.05) is 17.9 Å². The molecule has 3 nitrogen and oxygen atoms in total. The van der Waals surface area contributed by atoms with Crippen molar-refractivity contribution >= 4 is 0 Å². The molecule has 1 aliphatic heterocycles. The Labute approximate surface area is 119 Å². The van der Waals surface area contributed by atoms with Gasteiger partial charge < -0.3 is 10.5 Å². The van der Waals surface area contributed by atoms with Gasteiger partial charge in [0.1, 0.15) is 5.82 Å². The molecule has 20 heavy (non-hydrogen) atoms. The highest BCUT2D eigenvalue weighted by Gasteiger charge is 2.30. The largest absolute Gasteiger partial charge is 0.378 e. The zero-order valence-electron chi connectivity index (χ0n) is 12.1. The third kappa shape index (κ3) is 3.57. The number of halogens is 1. The smallest absolute Gasteiger partial charge is 0.128 e. The molecule has 1 aromatic carbocycles. The van der Waals surface area contributed by atoms with Crippen molar-refractivity contribution in [3.05, 3.63) is 35.1 Å². The van der Waals surface area contributed by atoms with Crippen LogP contribution < -0.4 is 5.73 Å². The van der Waals surface area contributed by atoms with Crippen LogP contribution in [-0.4, -0.2) is 36.7 Å². The van der Waals surface area contributed by atoms with E-state index in [-0.39, 0.29) is 17.9 Å². The fourth-order valence-electron chi connectivity index (χ4n) is 2.30. The molecule has 1 heterocycles. The fourth-order valence-corrected chi connectivity index (χ4v) is 2.30. The van der Waals surface area contributed by atoms with E-state index in [1.165, 1.54) is 6.07 Å². The van der Waals surface area contributed by atoms with Gasteiger partial charge in [-0.25, -0.2) is 4.39 Å². The van der Waals surface area contributed by atoms with E-state index in [0.717, 1.165) is 6.54 Å². The minimum Gasteiger partial charge on any atom is -0.378 e. The molecule has 4 heteroatoms. The number of hydrogen-bond donors (Lipinski definition) is 1. The average molecular weight is 276 g/mol. The number of hydrogen-bond acceptors (Lipinski definition) is 3. The van der Waals surface area contributed by atoms with Gasteiger partial charge in [-0.15, -0.1) is 0 Å². The maximum absolute atomic E-state index is 14.1. The van der Waals surface area contributed by atoms with Gasteiger partial charge in [0.15, 0.2) is 0 Å². The highest BCUT2D eigenvalue weighted by atomic mass is 19.1. The van der Waals surface area contributed by atoms with Crippen LogP contribution in [0.25, 0.3) is 0 Å². The van der Waals surface area contributed by atoms with Crippen LogP contribution in [-0.2, 0) is 11.3 Å². The first-order valence-corrected chi connectivity index (χ1v) is 6.83. The van der Waals surface area contributed by atoms with Crippen molar-refractivity contribution in [1.29, 1.82) is 0 Å². The number of nitrogens with two attached hydrogens (primary N) is 1. The van der Waals surface area contributed by atoms with Crippen molar-refractivity contribution in [1.82, 2.24) is 4.90 Å². The molecule has 0 bridgehead atoms. The van der Waals surface area contributed by atoms with Gasteiger partial charge in [-0.05, 0) is 26.0 Å². The van der Waals surface area contributed by atoms with Crippen LogP contribution >= 0.6 is 0 Å². The van der Waals surface area contributed by atoms with Crippen LogP contribution in [0.4, 0.5) is 4.39 Å². The molecule has 1 fully saturated rings. The summed E-state index contributed by atoms with van der Waals surface area (Å²) < 4.78 is 19.6. The summed E-state index contributed by atoms with van der Waals surface area (Å²) in [7, 11) is 0. The summed E-state index contributed by atoms with van der Waals surface area (Å²) in [6, 6.07) is 5.13. The molecular weight excluding hydrogens is 255 g/mol. The first-order valence-electron chi connectivity index (χ1n) is 6.83. The molecule has 0 saturated carbocycles. The second kappa shape index (κ2) is 6.36. The maximum Gasteiger partial charge on any atom is 0.128 e. The van der Waals surface area contributed by atoms with Crippen molar-refractivity contribution in [2.24, 2.45) is 5.73 Å². The molecule has 0 aromatic heterocycles. The van der Waals surface area contributed by atoms with Gasteiger partial charge >= 0.3 is 0 Å². The minimum atomic E-state index is -0.212. The second-order valence-electron chi connectivity index (χ2n) is 5.60. The monoisotopic (exact) mass is 276 g/mol. The Kier molecular flexibility index (Phi) is 4.77. The molecule has 1 saturated heterocycles. The molecule has 0 spiro atoms. The van der Waals surface area contributed by atoms with E-state index in [9.17, 15) is 4.39 Å². The topological polar surface area (TPSA) is 38.5 Å². The Bertz CT molecular complexity index is 531. The highest BCUT2D eigenvalue weighted by Crippen LogP contribution is 2.23. The van der Waals surface area contributed by atoms with Crippen LogP contribution in [0.3, 0.4) is 0 Å². The fraction of sp³-hybridized carbons (Fsp3) is 0.500. The molecule has 0 unspecified atom stereocenters. The van der Waals surface area contributed by atoms with Crippen molar-refractivity contribution in [3.63, 3.8) is 0 Å². The normalized spacial score (nSPS) is 18.4. The van der Waals surface area contributed by atoms with Crippen molar-refractivity contribution in [3.8, 4) is 11.8 Å². The number of benzene rings is 1.